The molecule has 4 unspecified atom stereocenters. The van der Waals surface area contributed by atoms with Crippen molar-refractivity contribution < 1.29 is 25.2 Å². The molecule has 1 heterocycles. The van der Waals surface area contributed by atoms with Gasteiger partial charge in [0.05, 0.1) is 6.61 Å². The largest absolute Gasteiger partial charge is 0.393 e. The quantitative estimate of drug-likeness (QED) is 0.353. The van der Waals surface area contributed by atoms with Crippen LogP contribution < -0.4 is 0 Å². The first-order valence-corrected chi connectivity index (χ1v) is 3.34. The molecule has 1 rings (SSSR count). The summed E-state index contributed by atoms with van der Waals surface area (Å²) in [4.78, 5) is 0. The lowest BCUT2D eigenvalue weighted by Crippen LogP contribution is -2.43. The Hall–Kier alpha value is -0.200. The van der Waals surface area contributed by atoms with Gasteiger partial charge >= 0.3 is 0 Å². The maximum Gasteiger partial charge on any atom is 0.184 e. The molecule has 0 aromatic carbocycles. The van der Waals surface area contributed by atoms with Crippen molar-refractivity contribution in [1.82, 2.24) is 0 Å². The number of rotatable bonds is 1. The number of aliphatic hydroxyl groups is 4. The summed E-state index contributed by atoms with van der Waals surface area (Å²) in [5.41, 5.74) is -1.25. The first-order chi connectivity index (χ1) is 5.01. The van der Waals surface area contributed by atoms with E-state index in [1.165, 1.54) is 6.92 Å². The van der Waals surface area contributed by atoms with Gasteiger partial charge in [0.2, 0.25) is 0 Å². The van der Waals surface area contributed by atoms with Crippen molar-refractivity contribution in [2.45, 2.75) is 31.0 Å². The summed E-state index contributed by atoms with van der Waals surface area (Å²) in [6.45, 7) is 0.972. The van der Waals surface area contributed by atoms with Crippen molar-refractivity contribution in [2.75, 3.05) is 6.61 Å². The van der Waals surface area contributed by atoms with E-state index in [-0.39, 0.29) is 0 Å². The van der Waals surface area contributed by atoms with Crippen LogP contribution in [0.1, 0.15) is 6.92 Å². The zero-order chi connectivity index (χ0) is 8.65. The molecule has 0 aromatic rings. The fraction of sp³-hybridized carbons (Fsp3) is 1.00. The molecular weight excluding hydrogens is 152 g/mol. The Kier molecular flexibility index (Phi) is 2.17. The highest BCUT2D eigenvalue weighted by molar-refractivity contribution is 4.95. The van der Waals surface area contributed by atoms with Crippen LogP contribution in [0.25, 0.3) is 0 Å². The molecule has 0 amide bonds. The monoisotopic (exact) mass is 164 g/mol. The minimum Gasteiger partial charge on any atom is -0.393 e. The van der Waals surface area contributed by atoms with E-state index in [0.29, 0.717) is 0 Å². The molecule has 1 fully saturated rings. The zero-order valence-corrected chi connectivity index (χ0v) is 6.14. The predicted molar refractivity (Wildman–Crippen MR) is 34.6 cm³/mol. The van der Waals surface area contributed by atoms with E-state index in [0.717, 1.165) is 0 Å². The van der Waals surface area contributed by atoms with Gasteiger partial charge in [0.25, 0.3) is 0 Å². The Morgan fingerprint density at radius 3 is 2.09 bits per heavy atom. The van der Waals surface area contributed by atoms with E-state index in [4.69, 9.17) is 20.1 Å². The van der Waals surface area contributed by atoms with Crippen LogP contribution in [0.4, 0.5) is 0 Å². The molecule has 4 N–H and O–H groups in total. The van der Waals surface area contributed by atoms with Crippen molar-refractivity contribution in [3.05, 3.63) is 0 Å². The average molecular weight is 164 g/mol. The fourth-order valence-corrected chi connectivity index (χ4v) is 1.06. The second-order valence-corrected chi connectivity index (χ2v) is 2.91. The summed E-state index contributed by atoms with van der Waals surface area (Å²) in [5.74, 6) is 0. The highest BCUT2D eigenvalue weighted by atomic mass is 16.7. The number of hydrogen-bond acceptors (Lipinski definition) is 5. The normalized spacial score (nSPS) is 51.5. The maximum atomic E-state index is 9.19. The Balaban J connectivity index is 2.73. The van der Waals surface area contributed by atoms with Crippen LogP contribution in [0.2, 0.25) is 0 Å². The van der Waals surface area contributed by atoms with E-state index in [1.807, 2.05) is 0 Å². The molecule has 66 valence electrons. The average Bonchev–Trinajstić information content (AvgIpc) is 2.17. The van der Waals surface area contributed by atoms with Gasteiger partial charge in [-0.05, 0) is 6.92 Å². The SMILES string of the molecule is CC1(CO)OC(O)C(O)C1O. The molecule has 4 atom stereocenters. The van der Waals surface area contributed by atoms with Gasteiger partial charge < -0.3 is 25.2 Å². The Morgan fingerprint density at radius 2 is 1.91 bits per heavy atom. The maximum absolute atomic E-state index is 9.19. The lowest BCUT2D eigenvalue weighted by Gasteiger charge is -2.23. The molecule has 5 nitrogen and oxygen atoms in total. The number of hydrogen-bond donors (Lipinski definition) is 4. The molecule has 11 heavy (non-hydrogen) atoms. The van der Waals surface area contributed by atoms with Crippen molar-refractivity contribution >= 4 is 0 Å². The summed E-state index contributed by atoms with van der Waals surface area (Å²) in [5, 5.41) is 35.8. The first kappa shape index (κ1) is 8.89. The minimum absolute atomic E-state index is 0.442. The van der Waals surface area contributed by atoms with Crippen LogP contribution in [0.15, 0.2) is 0 Å². The Bertz CT molecular complexity index is 150. The third kappa shape index (κ3) is 1.25. The van der Waals surface area contributed by atoms with Crippen molar-refractivity contribution in [3.8, 4) is 0 Å². The lowest BCUT2D eigenvalue weighted by molar-refractivity contribution is -0.167. The first-order valence-electron chi connectivity index (χ1n) is 3.34. The number of ether oxygens (including phenoxy) is 1. The zero-order valence-electron chi connectivity index (χ0n) is 6.14. The topological polar surface area (TPSA) is 90.2 Å². The smallest absolute Gasteiger partial charge is 0.184 e. The highest BCUT2D eigenvalue weighted by Crippen LogP contribution is 2.28. The van der Waals surface area contributed by atoms with E-state index < -0.39 is 30.7 Å². The van der Waals surface area contributed by atoms with Crippen LogP contribution in [0.5, 0.6) is 0 Å². The van der Waals surface area contributed by atoms with Crippen LogP contribution in [-0.2, 0) is 4.74 Å². The van der Waals surface area contributed by atoms with Gasteiger partial charge in [-0.3, -0.25) is 0 Å². The van der Waals surface area contributed by atoms with Crippen molar-refractivity contribution in [2.24, 2.45) is 0 Å². The van der Waals surface area contributed by atoms with Gasteiger partial charge in [-0.25, -0.2) is 0 Å². The van der Waals surface area contributed by atoms with E-state index >= 15 is 0 Å². The molecule has 0 bridgehead atoms. The van der Waals surface area contributed by atoms with Crippen LogP contribution in [0, 0.1) is 0 Å². The summed E-state index contributed by atoms with van der Waals surface area (Å²) in [6, 6.07) is 0. The Morgan fingerprint density at radius 1 is 1.36 bits per heavy atom. The molecule has 1 saturated heterocycles. The van der Waals surface area contributed by atoms with E-state index in [1.54, 1.807) is 0 Å². The van der Waals surface area contributed by atoms with E-state index in [2.05, 4.69) is 0 Å². The molecule has 1 aliphatic rings. The molecule has 0 radical (unpaired) electrons. The number of aliphatic hydroxyl groups excluding tert-OH is 4. The molecule has 5 heteroatoms. The van der Waals surface area contributed by atoms with Gasteiger partial charge in [0.1, 0.15) is 17.8 Å². The van der Waals surface area contributed by atoms with Gasteiger partial charge in [0.15, 0.2) is 6.29 Å². The van der Waals surface area contributed by atoms with Crippen molar-refractivity contribution in [1.29, 1.82) is 0 Å². The van der Waals surface area contributed by atoms with Crippen LogP contribution in [-0.4, -0.2) is 51.1 Å². The van der Waals surface area contributed by atoms with Gasteiger partial charge in [-0.1, -0.05) is 0 Å². The molecule has 0 spiro atoms. The highest BCUT2D eigenvalue weighted by Gasteiger charge is 2.50. The molecule has 0 saturated carbocycles. The van der Waals surface area contributed by atoms with Gasteiger partial charge in [0, 0.05) is 0 Å². The van der Waals surface area contributed by atoms with Crippen LogP contribution >= 0.6 is 0 Å². The second kappa shape index (κ2) is 2.69. The minimum atomic E-state index is -1.41. The summed E-state index contributed by atoms with van der Waals surface area (Å²) < 4.78 is 4.73. The predicted octanol–water partition coefficient (Wildman–Crippen LogP) is -2.19. The summed E-state index contributed by atoms with van der Waals surface area (Å²) in [6.07, 6.45) is -4.00. The van der Waals surface area contributed by atoms with Gasteiger partial charge in [-0.15, -0.1) is 0 Å². The third-order valence-electron chi connectivity index (χ3n) is 1.95. The molecular formula is C6H12O5. The van der Waals surface area contributed by atoms with Crippen molar-refractivity contribution in [3.63, 3.8) is 0 Å². The fourth-order valence-electron chi connectivity index (χ4n) is 1.06. The molecule has 0 aromatic heterocycles. The van der Waals surface area contributed by atoms with Crippen LogP contribution in [0.3, 0.4) is 0 Å². The van der Waals surface area contributed by atoms with Gasteiger partial charge in [-0.2, -0.15) is 0 Å². The molecule has 1 aliphatic heterocycles. The van der Waals surface area contributed by atoms with E-state index in [9.17, 15) is 5.11 Å². The summed E-state index contributed by atoms with van der Waals surface area (Å²) >= 11 is 0. The third-order valence-corrected chi connectivity index (χ3v) is 1.95. The lowest BCUT2D eigenvalue weighted by atomic mass is 9.99. The summed E-state index contributed by atoms with van der Waals surface area (Å²) in [7, 11) is 0. The standard InChI is InChI=1S/C6H12O5/c1-6(2-7)4(9)3(8)5(10)11-6/h3-5,7-10H,2H2,1H3. The Labute approximate surface area is 63.8 Å². The second-order valence-electron chi connectivity index (χ2n) is 2.91. The molecule has 0 aliphatic carbocycles.